The van der Waals surface area contributed by atoms with E-state index in [0.717, 1.165) is 9.87 Å². The number of amides is 2. The van der Waals surface area contributed by atoms with Crippen LogP contribution in [-0.2, 0) is 19.6 Å². The highest BCUT2D eigenvalue weighted by molar-refractivity contribution is 7.89. The lowest BCUT2D eigenvalue weighted by atomic mass is 10.1. The Balaban J connectivity index is 1.78. The molecule has 1 aliphatic heterocycles. The van der Waals surface area contributed by atoms with Gasteiger partial charge in [-0.05, 0) is 24.6 Å². The first-order chi connectivity index (χ1) is 13.4. The van der Waals surface area contributed by atoms with Gasteiger partial charge in [-0.25, -0.2) is 8.42 Å². The van der Waals surface area contributed by atoms with Crippen LogP contribution in [0.15, 0.2) is 78.0 Å². The molecule has 1 aliphatic rings. The summed E-state index contributed by atoms with van der Waals surface area (Å²) in [5.41, 5.74) is 0.914. The third-order valence-electron chi connectivity index (χ3n) is 4.43. The fourth-order valence-electron chi connectivity index (χ4n) is 2.95. The Morgan fingerprint density at radius 3 is 2.36 bits per heavy atom. The number of carbonyl (C=O) groups excluding carboxylic acids is 2. The smallest absolute Gasteiger partial charge is 0.264 e. The molecule has 8 heteroatoms. The van der Waals surface area contributed by atoms with E-state index >= 15 is 0 Å². The van der Waals surface area contributed by atoms with Crippen LogP contribution >= 0.6 is 0 Å². The van der Waals surface area contributed by atoms with Gasteiger partial charge in [0, 0.05) is 12.4 Å². The predicted molar refractivity (Wildman–Crippen MR) is 104 cm³/mol. The zero-order valence-corrected chi connectivity index (χ0v) is 16.1. The van der Waals surface area contributed by atoms with Crippen molar-refractivity contribution in [3.63, 3.8) is 0 Å². The molecule has 28 heavy (non-hydrogen) atoms. The van der Waals surface area contributed by atoms with E-state index in [9.17, 15) is 18.0 Å². The largest absolute Gasteiger partial charge is 0.350 e. The number of hydrogen-bond donors (Lipinski definition) is 2. The highest BCUT2D eigenvalue weighted by atomic mass is 32.2. The Morgan fingerprint density at radius 1 is 1.11 bits per heavy atom. The number of hydrogen-bond acceptors (Lipinski definition) is 4. The van der Waals surface area contributed by atoms with Gasteiger partial charge in [0.15, 0.2) is 0 Å². The Bertz CT molecular complexity index is 975. The molecule has 1 unspecified atom stereocenters. The van der Waals surface area contributed by atoms with Crippen LogP contribution in [0.1, 0.15) is 24.9 Å². The van der Waals surface area contributed by atoms with Crippen molar-refractivity contribution in [1.29, 1.82) is 0 Å². The maximum absolute atomic E-state index is 12.9. The van der Waals surface area contributed by atoms with Gasteiger partial charge in [-0.2, -0.15) is 0 Å². The van der Waals surface area contributed by atoms with E-state index in [0.29, 0.717) is 0 Å². The minimum absolute atomic E-state index is 0.0532. The van der Waals surface area contributed by atoms with Gasteiger partial charge in [-0.1, -0.05) is 48.5 Å². The maximum atomic E-state index is 12.9. The summed E-state index contributed by atoms with van der Waals surface area (Å²) < 4.78 is 26.8. The summed E-state index contributed by atoms with van der Waals surface area (Å²) in [5.74, 6) is -0.968. The molecule has 146 valence electrons. The molecule has 0 bridgehead atoms. The standard InChI is InChI=1S/C20H21N3O4S/c1-15(16-8-4-2-5-9-16)22-19(24)14-18-20(25)21-12-13-23(18)28(26,27)17-10-6-3-7-11-17/h2-13,15,18H,14H2,1H3,(H,21,25)(H,22,24)/t15-,18?/m0/s1. The molecule has 2 aromatic carbocycles. The van der Waals surface area contributed by atoms with Crippen molar-refractivity contribution < 1.29 is 18.0 Å². The maximum Gasteiger partial charge on any atom is 0.264 e. The first-order valence-corrected chi connectivity index (χ1v) is 10.2. The number of carbonyl (C=O) groups is 2. The molecule has 2 amide bonds. The molecule has 0 saturated heterocycles. The second-order valence-corrected chi connectivity index (χ2v) is 8.24. The second-order valence-electron chi connectivity index (χ2n) is 6.39. The molecule has 2 aromatic rings. The van der Waals surface area contributed by atoms with Crippen molar-refractivity contribution in [2.75, 3.05) is 0 Å². The topological polar surface area (TPSA) is 95.6 Å². The Kier molecular flexibility index (Phi) is 5.79. The molecular formula is C20H21N3O4S. The summed E-state index contributed by atoms with van der Waals surface area (Å²) in [5, 5.41) is 5.28. The molecule has 0 aromatic heterocycles. The summed E-state index contributed by atoms with van der Waals surface area (Å²) in [6.07, 6.45) is 2.23. The quantitative estimate of drug-likeness (QED) is 0.776. The second kappa shape index (κ2) is 8.26. The molecule has 2 N–H and O–H groups in total. The molecule has 0 saturated carbocycles. The summed E-state index contributed by atoms with van der Waals surface area (Å²) in [7, 11) is -3.96. The number of nitrogens with zero attached hydrogens (tertiary/aromatic N) is 1. The van der Waals surface area contributed by atoms with Crippen LogP contribution in [0, 0.1) is 0 Å². The molecular weight excluding hydrogens is 378 g/mol. The van der Waals surface area contributed by atoms with Crippen LogP contribution in [0.3, 0.4) is 0 Å². The van der Waals surface area contributed by atoms with E-state index in [4.69, 9.17) is 0 Å². The van der Waals surface area contributed by atoms with Crippen LogP contribution in [0.2, 0.25) is 0 Å². The van der Waals surface area contributed by atoms with Gasteiger partial charge < -0.3 is 10.6 Å². The fourth-order valence-corrected chi connectivity index (χ4v) is 4.42. The molecule has 1 heterocycles. The number of nitrogens with one attached hydrogen (secondary N) is 2. The molecule has 0 spiro atoms. The van der Waals surface area contributed by atoms with E-state index in [1.807, 2.05) is 37.3 Å². The van der Waals surface area contributed by atoms with Gasteiger partial charge in [0.05, 0.1) is 17.4 Å². The minimum Gasteiger partial charge on any atom is -0.350 e. The van der Waals surface area contributed by atoms with Gasteiger partial charge in [-0.15, -0.1) is 0 Å². The molecule has 0 radical (unpaired) electrons. The molecule has 0 fully saturated rings. The highest BCUT2D eigenvalue weighted by Gasteiger charge is 2.37. The van der Waals surface area contributed by atoms with E-state index in [2.05, 4.69) is 10.6 Å². The molecule has 7 nitrogen and oxygen atoms in total. The van der Waals surface area contributed by atoms with Crippen molar-refractivity contribution in [3.8, 4) is 0 Å². The van der Waals surface area contributed by atoms with Crippen LogP contribution in [0.25, 0.3) is 0 Å². The van der Waals surface area contributed by atoms with Crippen LogP contribution in [0.5, 0.6) is 0 Å². The van der Waals surface area contributed by atoms with Gasteiger partial charge in [0.2, 0.25) is 11.8 Å². The van der Waals surface area contributed by atoms with E-state index in [1.165, 1.54) is 24.5 Å². The number of sulfonamides is 1. The molecule has 2 atom stereocenters. The molecule has 0 aliphatic carbocycles. The van der Waals surface area contributed by atoms with Crippen LogP contribution in [-0.4, -0.2) is 30.6 Å². The van der Waals surface area contributed by atoms with E-state index < -0.39 is 27.9 Å². The zero-order valence-electron chi connectivity index (χ0n) is 15.3. The predicted octanol–water partition coefficient (Wildman–Crippen LogP) is 1.91. The van der Waals surface area contributed by atoms with Crippen molar-refractivity contribution in [1.82, 2.24) is 14.9 Å². The Hall–Kier alpha value is -3.13. The lowest BCUT2D eigenvalue weighted by Crippen LogP contribution is -2.51. The van der Waals surface area contributed by atoms with Gasteiger partial charge in [0.25, 0.3) is 10.0 Å². The summed E-state index contributed by atoms with van der Waals surface area (Å²) in [4.78, 5) is 24.9. The zero-order chi connectivity index (χ0) is 20.1. The molecule has 3 rings (SSSR count). The summed E-state index contributed by atoms with van der Waals surface area (Å²) >= 11 is 0. The van der Waals surface area contributed by atoms with Crippen molar-refractivity contribution in [2.45, 2.75) is 30.3 Å². The SMILES string of the molecule is C[C@H](NC(=O)CC1C(=O)NC=CN1S(=O)(=O)c1ccccc1)c1ccccc1. The van der Waals surface area contributed by atoms with E-state index in [-0.39, 0.29) is 17.4 Å². The Morgan fingerprint density at radius 2 is 1.71 bits per heavy atom. The average Bonchev–Trinajstić information content (AvgIpc) is 2.70. The van der Waals surface area contributed by atoms with Gasteiger partial charge >= 0.3 is 0 Å². The summed E-state index contributed by atoms with van der Waals surface area (Å²) in [6, 6.07) is 15.7. The monoisotopic (exact) mass is 399 g/mol. The van der Waals surface area contributed by atoms with Gasteiger partial charge in [0.1, 0.15) is 6.04 Å². The third kappa shape index (κ3) is 4.23. The number of rotatable bonds is 6. The fraction of sp³-hybridized carbons (Fsp3) is 0.200. The summed E-state index contributed by atoms with van der Waals surface area (Å²) in [6.45, 7) is 1.83. The van der Waals surface area contributed by atoms with Crippen LogP contribution in [0.4, 0.5) is 0 Å². The Labute approximate surface area is 164 Å². The van der Waals surface area contributed by atoms with Crippen molar-refractivity contribution in [2.24, 2.45) is 0 Å². The average molecular weight is 399 g/mol. The van der Waals surface area contributed by atoms with Crippen molar-refractivity contribution in [3.05, 3.63) is 78.6 Å². The van der Waals surface area contributed by atoms with Gasteiger partial charge in [-0.3, -0.25) is 13.9 Å². The highest BCUT2D eigenvalue weighted by Crippen LogP contribution is 2.22. The van der Waals surface area contributed by atoms with E-state index in [1.54, 1.807) is 18.2 Å². The lowest BCUT2D eigenvalue weighted by molar-refractivity contribution is -0.129. The van der Waals surface area contributed by atoms with Crippen LogP contribution < -0.4 is 10.6 Å². The van der Waals surface area contributed by atoms with Crippen molar-refractivity contribution >= 4 is 21.8 Å². The third-order valence-corrected chi connectivity index (χ3v) is 6.23. The first-order valence-electron chi connectivity index (χ1n) is 8.79. The number of benzene rings is 2. The minimum atomic E-state index is -3.96. The lowest BCUT2D eigenvalue weighted by Gasteiger charge is -2.31. The normalized spacial score (nSPS) is 17.7. The first kappa shape index (κ1) is 19.6.